The van der Waals surface area contributed by atoms with Gasteiger partial charge in [-0.15, -0.1) is 0 Å². The van der Waals surface area contributed by atoms with Crippen LogP contribution in [0.4, 0.5) is 0 Å². The Balaban J connectivity index is 2.60. The van der Waals surface area contributed by atoms with Crippen LogP contribution in [0.2, 0.25) is 0 Å². The molecule has 2 nitrogen and oxygen atoms in total. The second-order valence-electron chi connectivity index (χ2n) is 3.75. The van der Waals surface area contributed by atoms with E-state index in [1.54, 1.807) is 6.20 Å². The molecule has 1 unspecified atom stereocenters. The summed E-state index contributed by atoms with van der Waals surface area (Å²) in [7, 11) is 0. The molecular formula is C8H14N2. The fraction of sp³-hybridized carbons (Fsp3) is 0.750. The average molecular weight is 138 g/mol. The first-order valence-corrected chi connectivity index (χ1v) is 3.64. The van der Waals surface area contributed by atoms with Gasteiger partial charge in [-0.05, 0) is 5.41 Å². The molecule has 1 aliphatic rings. The Morgan fingerprint density at radius 3 is 2.40 bits per heavy atom. The van der Waals surface area contributed by atoms with E-state index in [0.29, 0.717) is 11.3 Å². The van der Waals surface area contributed by atoms with Crippen molar-refractivity contribution < 1.29 is 0 Å². The Kier molecular flexibility index (Phi) is 1.88. The van der Waals surface area contributed by atoms with Gasteiger partial charge < -0.3 is 0 Å². The molecular weight excluding hydrogens is 124 g/mol. The lowest BCUT2D eigenvalue weighted by Gasteiger charge is -2.26. The summed E-state index contributed by atoms with van der Waals surface area (Å²) in [4.78, 5) is 0. The number of hydrogen-bond acceptors (Lipinski definition) is 2. The number of rotatable bonds is 0. The second kappa shape index (κ2) is 2.52. The highest BCUT2D eigenvalue weighted by atomic mass is 15.1. The van der Waals surface area contributed by atoms with E-state index in [1.807, 2.05) is 0 Å². The van der Waals surface area contributed by atoms with E-state index in [0.717, 1.165) is 6.54 Å². The van der Waals surface area contributed by atoms with Gasteiger partial charge in [-0.2, -0.15) is 10.2 Å². The Morgan fingerprint density at radius 1 is 1.40 bits per heavy atom. The van der Waals surface area contributed by atoms with Crippen molar-refractivity contribution >= 4 is 0 Å². The molecule has 0 amide bonds. The van der Waals surface area contributed by atoms with Crippen LogP contribution in [0.1, 0.15) is 20.8 Å². The maximum atomic E-state index is 3.96. The monoisotopic (exact) mass is 138 g/mol. The fourth-order valence-electron chi connectivity index (χ4n) is 0.948. The molecule has 10 heavy (non-hydrogen) atoms. The highest BCUT2D eigenvalue weighted by molar-refractivity contribution is 4.96. The van der Waals surface area contributed by atoms with Crippen LogP contribution in [-0.2, 0) is 0 Å². The normalized spacial score (nSPS) is 25.3. The van der Waals surface area contributed by atoms with Gasteiger partial charge in [0.2, 0.25) is 0 Å². The van der Waals surface area contributed by atoms with Crippen molar-refractivity contribution in [1.82, 2.24) is 0 Å². The number of nitrogens with zero attached hydrogens (tertiary/aromatic N) is 2. The summed E-state index contributed by atoms with van der Waals surface area (Å²) < 4.78 is 0. The van der Waals surface area contributed by atoms with Crippen LogP contribution in [-0.4, -0.2) is 6.54 Å². The Morgan fingerprint density at radius 2 is 2.10 bits per heavy atom. The van der Waals surface area contributed by atoms with Crippen molar-refractivity contribution in [2.75, 3.05) is 6.54 Å². The van der Waals surface area contributed by atoms with Gasteiger partial charge in [-0.25, -0.2) is 0 Å². The van der Waals surface area contributed by atoms with Crippen molar-refractivity contribution in [2.24, 2.45) is 21.6 Å². The number of azo groups is 1. The van der Waals surface area contributed by atoms with Crippen LogP contribution in [0.25, 0.3) is 0 Å². The molecule has 0 saturated heterocycles. The zero-order valence-electron chi connectivity index (χ0n) is 6.83. The van der Waals surface area contributed by atoms with E-state index in [-0.39, 0.29) is 0 Å². The minimum atomic E-state index is 0.329. The van der Waals surface area contributed by atoms with Crippen molar-refractivity contribution in [3.63, 3.8) is 0 Å². The lowest BCUT2D eigenvalue weighted by molar-refractivity contribution is 0.294. The lowest BCUT2D eigenvalue weighted by Crippen LogP contribution is -2.21. The van der Waals surface area contributed by atoms with E-state index in [4.69, 9.17) is 0 Å². The summed E-state index contributed by atoms with van der Waals surface area (Å²) in [6.45, 7) is 7.52. The third-order valence-electron chi connectivity index (χ3n) is 1.86. The molecule has 0 N–H and O–H groups in total. The summed E-state index contributed by atoms with van der Waals surface area (Å²) in [6, 6.07) is 0. The third-order valence-corrected chi connectivity index (χ3v) is 1.86. The largest absolute Gasteiger partial charge is 0.189 e. The summed E-state index contributed by atoms with van der Waals surface area (Å²) in [5.74, 6) is 0.560. The molecule has 0 fully saturated rings. The van der Waals surface area contributed by atoms with Gasteiger partial charge in [-0.3, -0.25) is 0 Å². The molecule has 0 saturated carbocycles. The molecule has 0 radical (unpaired) electrons. The van der Waals surface area contributed by atoms with Crippen molar-refractivity contribution in [2.45, 2.75) is 20.8 Å². The van der Waals surface area contributed by atoms with Crippen LogP contribution in [0, 0.1) is 11.3 Å². The molecule has 0 aromatic rings. The van der Waals surface area contributed by atoms with Crippen LogP contribution in [0.3, 0.4) is 0 Å². The highest BCUT2D eigenvalue weighted by Crippen LogP contribution is 2.28. The SMILES string of the molecule is CC(C)(C)C1C=CN=NC1. The standard InChI is InChI=1S/C8H14N2/c1-8(2,3)7-4-5-9-10-6-7/h4-5,7H,6H2,1-3H3. The smallest absolute Gasteiger partial charge is 0.0671 e. The summed E-state index contributed by atoms with van der Waals surface area (Å²) in [5, 5.41) is 7.75. The molecule has 0 bridgehead atoms. The summed E-state index contributed by atoms with van der Waals surface area (Å²) in [6.07, 6.45) is 3.92. The molecule has 56 valence electrons. The van der Waals surface area contributed by atoms with E-state index in [9.17, 15) is 0 Å². The molecule has 0 aliphatic carbocycles. The maximum Gasteiger partial charge on any atom is 0.0671 e. The number of hydrogen-bond donors (Lipinski definition) is 0. The van der Waals surface area contributed by atoms with E-state index in [2.05, 4.69) is 37.1 Å². The van der Waals surface area contributed by atoms with Gasteiger partial charge in [-0.1, -0.05) is 26.8 Å². The minimum absolute atomic E-state index is 0.329. The van der Waals surface area contributed by atoms with Gasteiger partial charge in [0.15, 0.2) is 0 Å². The Bertz CT molecular complexity index is 163. The second-order valence-corrected chi connectivity index (χ2v) is 3.75. The first kappa shape index (κ1) is 7.45. The summed E-state index contributed by atoms with van der Waals surface area (Å²) in [5.41, 5.74) is 0.329. The third kappa shape index (κ3) is 1.66. The Labute approximate surface area is 62.0 Å². The molecule has 1 aliphatic heterocycles. The molecule has 1 rings (SSSR count). The first-order chi connectivity index (χ1) is 4.61. The molecule has 0 aromatic carbocycles. The van der Waals surface area contributed by atoms with Crippen LogP contribution < -0.4 is 0 Å². The van der Waals surface area contributed by atoms with E-state index < -0.39 is 0 Å². The first-order valence-electron chi connectivity index (χ1n) is 3.64. The maximum absolute atomic E-state index is 3.96. The summed E-state index contributed by atoms with van der Waals surface area (Å²) >= 11 is 0. The molecule has 1 atom stereocenters. The molecule has 2 heteroatoms. The topological polar surface area (TPSA) is 24.7 Å². The van der Waals surface area contributed by atoms with Gasteiger partial charge in [0.1, 0.15) is 0 Å². The van der Waals surface area contributed by atoms with Crippen LogP contribution in [0.15, 0.2) is 22.5 Å². The molecule has 0 aromatic heterocycles. The molecule has 0 spiro atoms. The van der Waals surface area contributed by atoms with Crippen LogP contribution >= 0.6 is 0 Å². The fourth-order valence-corrected chi connectivity index (χ4v) is 0.948. The van der Waals surface area contributed by atoms with Gasteiger partial charge in [0.05, 0.1) is 6.54 Å². The van der Waals surface area contributed by atoms with E-state index in [1.165, 1.54) is 0 Å². The van der Waals surface area contributed by atoms with Crippen LogP contribution in [0.5, 0.6) is 0 Å². The predicted molar refractivity (Wildman–Crippen MR) is 41.8 cm³/mol. The van der Waals surface area contributed by atoms with Gasteiger partial charge in [0, 0.05) is 12.1 Å². The van der Waals surface area contributed by atoms with Crippen molar-refractivity contribution in [1.29, 1.82) is 0 Å². The van der Waals surface area contributed by atoms with Gasteiger partial charge in [0.25, 0.3) is 0 Å². The van der Waals surface area contributed by atoms with Crippen molar-refractivity contribution in [3.8, 4) is 0 Å². The average Bonchev–Trinajstić information content (AvgIpc) is 1.88. The minimum Gasteiger partial charge on any atom is -0.189 e. The highest BCUT2D eigenvalue weighted by Gasteiger charge is 2.22. The zero-order valence-corrected chi connectivity index (χ0v) is 6.83. The predicted octanol–water partition coefficient (Wildman–Crippen LogP) is 2.63. The Hall–Kier alpha value is -0.660. The lowest BCUT2D eigenvalue weighted by atomic mass is 9.80. The van der Waals surface area contributed by atoms with E-state index >= 15 is 0 Å². The van der Waals surface area contributed by atoms with Crippen molar-refractivity contribution in [3.05, 3.63) is 12.3 Å². The zero-order chi connectivity index (χ0) is 7.61. The molecule has 1 heterocycles. The quantitative estimate of drug-likeness (QED) is 0.491. The van der Waals surface area contributed by atoms with Gasteiger partial charge >= 0.3 is 0 Å².